The van der Waals surface area contributed by atoms with Crippen molar-refractivity contribution < 1.29 is 24.2 Å². The normalized spacial score (nSPS) is 7.79. The molecule has 0 aliphatic carbocycles. The molecule has 0 rings (SSSR count). The number of aliphatic carboxylic acids is 1. The molecule has 0 saturated carbocycles. The van der Waals surface area contributed by atoms with Crippen LogP contribution in [0.4, 0.5) is 0 Å². The molecule has 0 aliphatic rings. The molecule has 0 radical (unpaired) electrons. The summed E-state index contributed by atoms with van der Waals surface area (Å²) in [5.74, 6) is -2.86. The number of ether oxygens (including phenoxy) is 1. The van der Waals surface area contributed by atoms with Crippen molar-refractivity contribution in [3.8, 4) is 0 Å². The smallest absolute Gasteiger partial charge is 0.374 e. The fraction of sp³-hybridized carbons (Fsp3) is 0.667. The molecule has 0 amide bonds. The number of rotatable bonds is 5. The Morgan fingerprint density at radius 2 is 1.64 bits per heavy atom. The summed E-state index contributed by atoms with van der Waals surface area (Å²) in [6, 6.07) is 0. The minimum atomic E-state index is -1.10. The van der Waals surface area contributed by atoms with Crippen molar-refractivity contribution in [1.82, 2.24) is 0 Å². The lowest BCUT2D eigenvalue weighted by Crippen LogP contribution is -2.18. The van der Waals surface area contributed by atoms with E-state index in [1.165, 1.54) is 0 Å². The molecular formula is C9H18O5. The molecule has 0 heterocycles. The van der Waals surface area contributed by atoms with Crippen LogP contribution in [0.2, 0.25) is 0 Å². The molecule has 5 nitrogen and oxygen atoms in total. The molecule has 0 unspecified atom stereocenters. The summed E-state index contributed by atoms with van der Waals surface area (Å²) in [7, 11) is 0. The zero-order valence-corrected chi connectivity index (χ0v) is 6.70. The van der Waals surface area contributed by atoms with Crippen molar-refractivity contribution in [2.75, 3.05) is 6.61 Å². The summed E-state index contributed by atoms with van der Waals surface area (Å²) in [5, 5.41) is 8.17. The Kier molecular flexibility index (Phi) is 12.7. The van der Waals surface area contributed by atoms with Gasteiger partial charge in [-0.05, 0) is 6.92 Å². The van der Waals surface area contributed by atoms with Crippen LogP contribution in [0.5, 0.6) is 0 Å². The van der Waals surface area contributed by atoms with Crippen LogP contribution in [0.15, 0.2) is 0 Å². The highest BCUT2D eigenvalue weighted by molar-refractivity contribution is 6.33. The summed E-state index contributed by atoms with van der Waals surface area (Å²) < 4.78 is 4.35. The van der Waals surface area contributed by atoms with Crippen molar-refractivity contribution in [3.63, 3.8) is 0 Å². The number of esters is 1. The van der Waals surface area contributed by atoms with Crippen LogP contribution >= 0.6 is 0 Å². The maximum atomic E-state index is 10.7. The molecule has 5 heteroatoms. The lowest BCUT2D eigenvalue weighted by molar-refractivity contribution is -0.154. The summed E-state index contributed by atoms with van der Waals surface area (Å²) in [6.45, 7) is 1.69. The van der Waals surface area contributed by atoms with E-state index in [9.17, 15) is 14.4 Å². The van der Waals surface area contributed by atoms with Gasteiger partial charge in [-0.3, -0.25) is 9.59 Å². The van der Waals surface area contributed by atoms with Crippen molar-refractivity contribution in [2.45, 2.75) is 34.6 Å². The maximum Gasteiger partial charge on any atom is 0.374 e. The lowest BCUT2D eigenvalue weighted by Gasteiger charge is -1.97. The molecule has 0 aromatic carbocycles. The minimum absolute atomic E-state index is 0. The van der Waals surface area contributed by atoms with E-state index >= 15 is 0 Å². The summed E-state index contributed by atoms with van der Waals surface area (Å²) in [5.41, 5.74) is 0. The van der Waals surface area contributed by atoms with Gasteiger partial charge in [0.1, 0.15) is 0 Å². The fourth-order valence-corrected chi connectivity index (χ4v) is 0.534. The number of carbonyl (C=O) groups excluding carboxylic acids is 2. The van der Waals surface area contributed by atoms with E-state index in [-0.39, 0.29) is 34.3 Å². The molecule has 0 fully saturated rings. The Balaban J connectivity index is -0.000000605. The van der Waals surface area contributed by atoms with Crippen LogP contribution < -0.4 is 0 Å². The first-order chi connectivity index (χ1) is 5.57. The Bertz CT molecular complexity index is 197. The number of Topliss-reactive ketones (excluding diaryl/α,β-unsaturated/α-hetero) is 1. The molecule has 0 aromatic rings. The van der Waals surface area contributed by atoms with Gasteiger partial charge in [0.2, 0.25) is 5.78 Å². The predicted octanol–water partition coefficient (Wildman–Crippen LogP) is 1.26. The fourth-order valence-electron chi connectivity index (χ4n) is 0.534. The highest BCUT2D eigenvalue weighted by Gasteiger charge is 2.15. The third kappa shape index (κ3) is 8.70. The second kappa shape index (κ2) is 9.70. The van der Waals surface area contributed by atoms with Gasteiger partial charge in [-0.25, -0.2) is 4.79 Å². The molecule has 0 bridgehead atoms. The summed E-state index contributed by atoms with van der Waals surface area (Å²) >= 11 is 0. The van der Waals surface area contributed by atoms with Crippen LogP contribution in [0, 0.1) is 0 Å². The molecule has 1 N–H and O–H groups in total. The largest absolute Gasteiger partial charge is 0.481 e. The zero-order valence-electron chi connectivity index (χ0n) is 6.70. The SMILES string of the molecule is C.C.CCOC(=O)C(=O)CCC(=O)O. The van der Waals surface area contributed by atoms with Gasteiger partial charge in [0, 0.05) is 6.42 Å². The van der Waals surface area contributed by atoms with Gasteiger partial charge in [0.05, 0.1) is 13.0 Å². The van der Waals surface area contributed by atoms with Crippen LogP contribution in [0.1, 0.15) is 34.6 Å². The number of carboxylic acid groups (broad SMARTS) is 1. The van der Waals surface area contributed by atoms with Crippen molar-refractivity contribution >= 4 is 17.7 Å². The highest BCUT2D eigenvalue weighted by atomic mass is 16.5. The van der Waals surface area contributed by atoms with E-state index in [4.69, 9.17) is 5.11 Å². The van der Waals surface area contributed by atoms with Crippen molar-refractivity contribution in [1.29, 1.82) is 0 Å². The van der Waals surface area contributed by atoms with Crippen LogP contribution in [-0.4, -0.2) is 29.4 Å². The van der Waals surface area contributed by atoms with Gasteiger partial charge in [0.25, 0.3) is 0 Å². The van der Waals surface area contributed by atoms with Gasteiger partial charge in [-0.15, -0.1) is 0 Å². The Hall–Kier alpha value is -1.39. The van der Waals surface area contributed by atoms with E-state index in [1.807, 2.05) is 0 Å². The third-order valence-electron chi connectivity index (χ3n) is 1.07. The number of carboxylic acids is 1. The van der Waals surface area contributed by atoms with E-state index in [1.54, 1.807) is 6.92 Å². The van der Waals surface area contributed by atoms with Crippen LogP contribution in [-0.2, 0) is 19.1 Å². The van der Waals surface area contributed by atoms with Crippen molar-refractivity contribution in [2.24, 2.45) is 0 Å². The molecule has 84 valence electrons. The maximum absolute atomic E-state index is 10.7. The average Bonchev–Trinajstić information content (AvgIpc) is 2.00. The first-order valence-corrected chi connectivity index (χ1v) is 3.49. The van der Waals surface area contributed by atoms with Gasteiger partial charge in [0.15, 0.2) is 0 Å². The van der Waals surface area contributed by atoms with Gasteiger partial charge in [-0.2, -0.15) is 0 Å². The number of hydrogen-bond donors (Lipinski definition) is 1. The second-order valence-electron chi connectivity index (χ2n) is 2.04. The topological polar surface area (TPSA) is 80.7 Å². The first kappa shape index (κ1) is 18.4. The van der Waals surface area contributed by atoms with Gasteiger partial charge < -0.3 is 9.84 Å². The second-order valence-corrected chi connectivity index (χ2v) is 2.04. The van der Waals surface area contributed by atoms with E-state index in [2.05, 4.69) is 4.74 Å². The van der Waals surface area contributed by atoms with Crippen molar-refractivity contribution in [3.05, 3.63) is 0 Å². The Morgan fingerprint density at radius 3 is 2.00 bits per heavy atom. The molecule has 0 spiro atoms. The van der Waals surface area contributed by atoms with E-state index < -0.39 is 17.7 Å². The monoisotopic (exact) mass is 206 g/mol. The number of ketones is 1. The molecule has 14 heavy (non-hydrogen) atoms. The number of hydrogen-bond acceptors (Lipinski definition) is 4. The van der Waals surface area contributed by atoms with E-state index in [0.29, 0.717) is 0 Å². The van der Waals surface area contributed by atoms with Gasteiger partial charge in [-0.1, -0.05) is 14.9 Å². The zero-order chi connectivity index (χ0) is 9.56. The number of carbonyl (C=O) groups is 3. The minimum Gasteiger partial charge on any atom is -0.481 e. The standard InChI is InChI=1S/C7H10O5.2CH4/c1-2-12-7(11)5(8)3-4-6(9)10;;/h2-4H2,1H3,(H,9,10);2*1H4. The average molecular weight is 206 g/mol. The quantitative estimate of drug-likeness (QED) is 0.541. The summed E-state index contributed by atoms with van der Waals surface area (Å²) in [4.78, 5) is 31.3. The molecule has 0 aliphatic heterocycles. The van der Waals surface area contributed by atoms with E-state index in [0.717, 1.165) is 0 Å². The van der Waals surface area contributed by atoms with Crippen LogP contribution in [0.3, 0.4) is 0 Å². The Morgan fingerprint density at radius 1 is 1.14 bits per heavy atom. The lowest BCUT2D eigenvalue weighted by atomic mass is 10.2. The molecule has 0 aromatic heterocycles. The van der Waals surface area contributed by atoms with Crippen LogP contribution in [0.25, 0.3) is 0 Å². The highest BCUT2D eigenvalue weighted by Crippen LogP contribution is 1.93. The predicted molar refractivity (Wildman–Crippen MR) is 52.0 cm³/mol. The summed E-state index contributed by atoms with van der Waals surface area (Å²) in [6.07, 6.45) is -0.633. The first-order valence-electron chi connectivity index (χ1n) is 3.49. The molecule has 0 saturated heterocycles. The third-order valence-corrected chi connectivity index (χ3v) is 1.07. The molecular weight excluding hydrogens is 188 g/mol. The molecule has 0 atom stereocenters. The Labute approximate surface area is 84.1 Å². The van der Waals surface area contributed by atoms with Gasteiger partial charge >= 0.3 is 11.9 Å².